The molecule has 1 unspecified atom stereocenters. The number of rotatable bonds is 4. The molecule has 0 aliphatic carbocycles. The van der Waals surface area contributed by atoms with Crippen molar-refractivity contribution in [1.29, 1.82) is 0 Å². The van der Waals surface area contributed by atoms with Crippen LogP contribution in [-0.4, -0.2) is 35.0 Å². The van der Waals surface area contributed by atoms with Crippen LogP contribution in [0.2, 0.25) is 0 Å². The van der Waals surface area contributed by atoms with Crippen LogP contribution in [0.15, 0.2) is 41.4 Å². The lowest BCUT2D eigenvalue weighted by Gasteiger charge is -2.33. The fourth-order valence-electron chi connectivity index (χ4n) is 3.59. The number of nitrogens with two attached hydrogens (primary N) is 2. The predicted octanol–water partition coefficient (Wildman–Crippen LogP) is 3.28. The normalized spacial score (nSPS) is 16.6. The summed E-state index contributed by atoms with van der Waals surface area (Å²) in [7, 11) is 0. The van der Waals surface area contributed by atoms with Crippen molar-refractivity contribution in [3.63, 3.8) is 0 Å². The molecule has 150 valence electrons. The van der Waals surface area contributed by atoms with Crippen molar-refractivity contribution < 1.29 is 4.79 Å². The minimum absolute atomic E-state index is 0.128. The molecule has 1 atom stereocenters. The van der Waals surface area contributed by atoms with E-state index in [0.717, 1.165) is 48.4 Å². The Hall–Kier alpha value is -2.97. The van der Waals surface area contributed by atoms with E-state index < -0.39 is 0 Å². The topological polar surface area (TPSA) is 110 Å². The Morgan fingerprint density at radius 3 is 2.93 bits per heavy atom. The molecule has 29 heavy (non-hydrogen) atoms. The van der Waals surface area contributed by atoms with Gasteiger partial charge in [0.15, 0.2) is 5.69 Å². The summed E-state index contributed by atoms with van der Waals surface area (Å²) in [5.74, 6) is -0.354. The van der Waals surface area contributed by atoms with Crippen molar-refractivity contribution in [3.05, 3.63) is 52.6 Å². The van der Waals surface area contributed by atoms with Crippen molar-refractivity contribution in [3.8, 4) is 11.3 Å². The number of hydrogen-bond acceptors (Lipinski definition) is 7. The molecular formula is C21H24N6OS. The van der Waals surface area contributed by atoms with Crippen LogP contribution in [0.1, 0.15) is 28.9 Å². The van der Waals surface area contributed by atoms with Gasteiger partial charge in [-0.3, -0.25) is 9.78 Å². The highest BCUT2D eigenvalue weighted by molar-refractivity contribution is 7.08. The van der Waals surface area contributed by atoms with Gasteiger partial charge < -0.3 is 21.7 Å². The number of amides is 1. The lowest BCUT2D eigenvalue weighted by atomic mass is 10.1. The van der Waals surface area contributed by atoms with Crippen LogP contribution in [0.25, 0.3) is 11.3 Å². The first kappa shape index (κ1) is 19.4. The Balaban J connectivity index is 1.61. The fraction of sp³-hybridized carbons (Fsp3) is 0.286. The molecule has 1 fully saturated rings. The maximum atomic E-state index is 13.0. The molecule has 0 aromatic carbocycles. The molecular weight excluding hydrogens is 384 g/mol. The van der Waals surface area contributed by atoms with Crippen LogP contribution >= 0.6 is 11.3 Å². The van der Waals surface area contributed by atoms with Crippen LogP contribution in [0.5, 0.6) is 0 Å². The molecule has 8 heteroatoms. The van der Waals surface area contributed by atoms with Gasteiger partial charge >= 0.3 is 0 Å². The van der Waals surface area contributed by atoms with Gasteiger partial charge in [0.1, 0.15) is 0 Å². The van der Waals surface area contributed by atoms with Gasteiger partial charge in [-0.1, -0.05) is 0 Å². The summed E-state index contributed by atoms with van der Waals surface area (Å²) in [4.78, 5) is 23.9. The van der Waals surface area contributed by atoms with Gasteiger partial charge in [0.25, 0.3) is 5.91 Å². The summed E-state index contributed by atoms with van der Waals surface area (Å²) >= 11 is 1.60. The lowest BCUT2D eigenvalue weighted by molar-refractivity contribution is 0.102. The molecule has 3 aromatic rings. The quantitative estimate of drug-likeness (QED) is 0.611. The molecule has 5 N–H and O–H groups in total. The van der Waals surface area contributed by atoms with Crippen molar-refractivity contribution in [2.45, 2.75) is 25.8 Å². The number of aryl methyl sites for hydroxylation is 1. The highest BCUT2D eigenvalue weighted by Crippen LogP contribution is 2.29. The SMILES string of the molecule is Cc1cscc1-c1ccc(N)c(C(=O)Nc2cnccc2N2CCCC(N)C2)n1. The van der Waals surface area contributed by atoms with Gasteiger partial charge in [0.2, 0.25) is 0 Å². The van der Waals surface area contributed by atoms with Crippen molar-refractivity contribution in [2.24, 2.45) is 5.73 Å². The smallest absolute Gasteiger partial charge is 0.276 e. The molecule has 1 aliphatic rings. The van der Waals surface area contributed by atoms with E-state index in [4.69, 9.17) is 11.5 Å². The van der Waals surface area contributed by atoms with Crippen LogP contribution in [-0.2, 0) is 0 Å². The van der Waals surface area contributed by atoms with E-state index in [2.05, 4.69) is 25.6 Å². The maximum Gasteiger partial charge on any atom is 0.276 e. The zero-order chi connectivity index (χ0) is 20.4. The number of nitrogens with zero attached hydrogens (tertiary/aromatic N) is 3. The van der Waals surface area contributed by atoms with Gasteiger partial charge in [0, 0.05) is 36.3 Å². The van der Waals surface area contributed by atoms with Crippen molar-refractivity contribution in [2.75, 3.05) is 29.0 Å². The van der Waals surface area contributed by atoms with Crippen LogP contribution in [0.4, 0.5) is 17.1 Å². The molecule has 4 rings (SSSR count). The zero-order valence-electron chi connectivity index (χ0n) is 16.3. The number of nitrogen functional groups attached to an aromatic ring is 1. The minimum atomic E-state index is -0.354. The first-order valence-electron chi connectivity index (χ1n) is 9.58. The van der Waals surface area contributed by atoms with Crippen molar-refractivity contribution in [1.82, 2.24) is 9.97 Å². The Morgan fingerprint density at radius 2 is 2.17 bits per heavy atom. The Morgan fingerprint density at radius 1 is 1.31 bits per heavy atom. The molecule has 1 aliphatic heterocycles. The third-order valence-corrected chi connectivity index (χ3v) is 5.98. The highest BCUT2D eigenvalue weighted by atomic mass is 32.1. The van der Waals surface area contributed by atoms with Crippen LogP contribution < -0.4 is 21.7 Å². The molecule has 0 bridgehead atoms. The van der Waals surface area contributed by atoms with Gasteiger partial charge in [-0.25, -0.2) is 4.98 Å². The molecule has 4 heterocycles. The van der Waals surface area contributed by atoms with E-state index in [9.17, 15) is 4.79 Å². The summed E-state index contributed by atoms with van der Waals surface area (Å²) in [5, 5.41) is 7.02. The summed E-state index contributed by atoms with van der Waals surface area (Å²) in [6.07, 6.45) is 5.40. The number of aromatic nitrogens is 2. The Bertz CT molecular complexity index is 1030. The Labute approximate surface area is 173 Å². The summed E-state index contributed by atoms with van der Waals surface area (Å²) in [5.41, 5.74) is 17.1. The molecule has 7 nitrogen and oxygen atoms in total. The summed E-state index contributed by atoms with van der Waals surface area (Å²) in [6, 6.07) is 5.59. The van der Waals surface area contributed by atoms with E-state index >= 15 is 0 Å². The van der Waals surface area contributed by atoms with E-state index in [0.29, 0.717) is 11.4 Å². The van der Waals surface area contributed by atoms with Gasteiger partial charge in [-0.2, -0.15) is 11.3 Å². The average Bonchev–Trinajstić information content (AvgIpc) is 3.14. The van der Waals surface area contributed by atoms with Crippen LogP contribution in [0, 0.1) is 6.92 Å². The predicted molar refractivity (Wildman–Crippen MR) is 118 cm³/mol. The van der Waals surface area contributed by atoms with E-state index in [1.54, 1.807) is 29.8 Å². The molecule has 0 spiro atoms. The number of carbonyl (C=O) groups is 1. The van der Waals surface area contributed by atoms with Gasteiger partial charge in [-0.15, -0.1) is 0 Å². The second kappa shape index (κ2) is 8.18. The third-order valence-electron chi connectivity index (χ3n) is 5.12. The first-order valence-corrected chi connectivity index (χ1v) is 10.5. The number of thiophene rings is 1. The van der Waals surface area contributed by atoms with E-state index in [1.807, 2.05) is 24.4 Å². The molecule has 1 saturated heterocycles. The molecule has 0 radical (unpaired) electrons. The van der Waals surface area contributed by atoms with Gasteiger partial charge in [-0.05, 0) is 48.9 Å². The van der Waals surface area contributed by atoms with Gasteiger partial charge in [0.05, 0.1) is 29.0 Å². The number of carbonyl (C=O) groups excluding carboxylic acids is 1. The zero-order valence-corrected chi connectivity index (χ0v) is 17.1. The number of piperidine rings is 1. The first-order chi connectivity index (χ1) is 14.0. The second-order valence-electron chi connectivity index (χ2n) is 7.30. The maximum absolute atomic E-state index is 13.0. The minimum Gasteiger partial charge on any atom is -0.397 e. The van der Waals surface area contributed by atoms with Crippen molar-refractivity contribution >= 4 is 34.3 Å². The number of anilines is 3. The largest absolute Gasteiger partial charge is 0.397 e. The third kappa shape index (κ3) is 4.08. The number of hydrogen-bond donors (Lipinski definition) is 3. The molecule has 0 saturated carbocycles. The van der Waals surface area contributed by atoms with E-state index in [1.165, 1.54) is 0 Å². The molecule has 3 aromatic heterocycles. The van der Waals surface area contributed by atoms with Crippen LogP contribution in [0.3, 0.4) is 0 Å². The second-order valence-corrected chi connectivity index (χ2v) is 8.04. The monoisotopic (exact) mass is 408 g/mol. The average molecular weight is 409 g/mol. The number of pyridine rings is 2. The summed E-state index contributed by atoms with van der Waals surface area (Å²) in [6.45, 7) is 3.67. The summed E-state index contributed by atoms with van der Waals surface area (Å²) < 4.78 is 0. The lowest BCUT2D eigenvalue weighted by Crippen LogP contribution is -2.43. The highest BCUT2D eigenvalue weighted by Gasteiger charge is 2.21. The standard InChI is InChI=1S/C21H24N6OS/c1-13-11-29-12-15(13)17-5-4-16(23)20(25-17)21(28)26-18-9-24-7-6-19(18)27-8-2-3-14(22)10-27/h4-7,9,11-12,14H,2-3,8,10,22-23H2,1H3,(H,26,28). The fourth-order valence-corrected chi connectivity index (χ4v) is 4.44. The molecule has 1 amide bonds. The Kier molecular flexibility index (Phi) is 5.46. The van der Waals surface area contributed by atoms with E-state index in [-0.39, 0.29) is 17.6 Å². The number of nitrogens with one attached hydrogen (secondary N) is 1.